The Hall–Kier alpha value is -0.380. The number of ether oxygens (including phenoxy) is 1. The molecule has 1 fully saturated rings. The van der Waals surface area contributed by atoms with Crippen molar-refractivity contribution in [3.63, 3.8) is 0 Å². The average Bonchev–Trinajstić information content (AvgIpc) is 2.70. The number of thiophene rings is 1. The molecule has 2 rings (SSSR count). The van der Waals surface area contributed by atoms with Gasteiger partial charge in [-0.1, -0.05) is 6.92 Å². The summed E-state index contributed by atoms with van der Waals surface area (Å²) in [6.45, 7) is 9.63. The fourth-order valence-electron chi connectivity index (χ4n) is 2.77. The highest BCUT2D eigenvalue weighted by molar-refractivity contribution is 7.12. The van der Waals surface area contributed by atoms with Crippen LogP contribution in [0.15, 0.2) is 6.07 Å². The second-order valence-electron chi connectivity index (χ2n) is 5.31. The number of aryl methyl sites for hydroxylation is 2. The zero-order valence-electron chi connectivity index (χ0n) is 11.8. The van der Waals surface area contributed by atoms with E-state index in [1.807, 2.05) is 11.3 Å². The third-order valence-electron chi connectivity index (χ3n) is 3.64. The predicted molar refractivity (Wildman–Crippen MR) is 78.4 cm³/mol. The van der Waals surface area contributed by atoms with Gasteiger partial charge in [0.1, 0.15) is 0 Å². The van der Waals surface area contributed by atoms with Gasteiger partial charge in [-0.2, -0.15) is 0 Å². The Morgan fingerprint density at radius 3 is 2.89 bits per heavy atom. The van der Waals surface area contributed by atoms with Crippen LogP contribution >= 0.6 is 11.3 Å². The first-order valence-electron chi connectivity index (χ1n) is 7.10. The minimum Gasteiger partial charge on any atom is -0.381 e. The van der Waals surface area contributed by atoms with Gasteiger partial charge < -0.3 is 10.1 Å². The SMILES string of the molecule is CCCNC(c1sc(C)cc1C)C1CCCOC1. The van der Waals surface area contributed by atoms with Crippen LogP contribution in [0.2, 0.25) is 0 Å². The molecule has 0 spiro atoms. The molecular formula is C15H25NOS. The maximum absolute atomic E-state index is 5.68. The van der Waals surface area contributed by atoms with Gasteiger partial charge in [0.15, 0.2) is 0 Å². The van der Waals surface area contributed by atoms with Crippen LogP contribution < -0.4 is 5.32 Å². The van der Waals surface area contributed by atoms with Crippen LogP contribution in [0.5, 0.6) is 0 Å². The van der Waals surface area contributed by atoms with E-state index >= 15 is 0 Å². The Kier molecular flexibility index (Phi) is 5.22. The van der Waals surface area contributed by atoms with E-state index < -0.39 is 0 Å². The van der Waals surface area contributed by atoms with Crippen LogP contribution in [0.3, 0.4) is 0 Å². The lowest BCUT2D eigenvalue weighted by molar-refractivity contribution is 0.0395. The molecule has 2 atom stereocenters. The van der Waals surface area contributed by atoms with Crippen LogP contribution in [0.25, 0.3) is 0 Å². The number of hydrogen-bond donors (Lipinski definition) is 1. The predicted octanol–water partition coefficient (Wildman–Crippen LogP) is 3.83. The second kappa shape index (κ2) is 6.69. The Balaban J connectivity index is 2.15. The molecule has 0 aromatic carbocycles. The monoisotopic (exact) mass is 267 g/mol. The molecule has 102 valence electrons. The average molecular weight is 267 g/mol. The number of rotatable bonds is 5. The van der Waals surface area contributed by atoms with Gasteiger partial charge in [-0.25, -0.2) is 0 Å². The van der Waals surface area contributed by atoms with Gasteiger partial charge in [-0.3, -0.25) is 0 Å². The topological polar surface area (TPSA) is 21.3 Å². The Morgan fingerprint density at radius 1 is 1.50 bits per heavy atom. The van der Waals surface area contributed by atoms with E-state index in [0.717, 1.165) is 19.8 Å². The lowest BCUT2D eigenvalue weighted by atomic mass is 9.91. The third-order valence-corrected chi connectivity index (χ3v) is 4.88. The highest BCUT2D eigenvalue weighted by atomic mass is 32.1. The molecule has 0 bridgehead atoms. The standard InChI is InChI=1S/C15H25NOS/c1-4-7-16-14(13-6-5-8-17-10-13)15-11(2)9-12(3)18-15/h9,13-14,16H,4-8,10H2,1-3H3. The summed E-state index contributed by atoms with van der Waals surface area (Å²) in [6, 6.07) is 2.80. The van der Waals surface area contributed by atoms with Crippen LogP contribution in [0.4, 0.5) is 0 Å². The molecule has 2 nitrogen and oxygen atoms in total. The van der Waals surface area contributed by atoms with Crippen LogP contribution in [0, 0.1) is 19.8 Å². The first-order chi connectivity index (χ1) is 8.72. The van der Waals surface area contributed by atoms with E-state index in [1.165, 1.54) is 34.6 Å². The highest BCUT2D eigenvalue weighted by Crippen LogP contribution is 2.35. The molecule has 1 saturated heterocycles. The van der Waals surface area contributed by atoms with Crippen molar-refractivity contribution in [3.05, 3.63) is 21.4 Å². The van der Waals surface area contributed by atoms with E-state index in [4.69, 9.17) is 4.74 Å². The summed E-state index contributed by atoms with van der Waals surface area (Å²) in [6.07, 6.45) is 3.68. The van der Waals surface area contributed by atoms with Gasteiger partial charge in [0.05, 0.1) is 6.61 Å². The molecule has 2 heterocycles. The minimum atomic E-state index is 0.490. The third kappa shape index (κ3) is 3.34. The molecule has 1 aromatic heterocycles. The largest absolute Gasteiger partial charge is 0.381 e. The van der Waals surface area contributed by atoms with Gasteiger partial charge in [-0.15, -0.1) is 11.3 Å². The molecular weight excluding hydrogens is 242 g/mol. The smallest absolute Gasteiger partial charge is 0.0512 e. The summed E-state index contributed by atoms with van der Waals surface area (Å²) in [5.74, 6) is 0.641. The molecule has 0 aliphatic carbocycles. The molecule has 18 heavy (non-hydrogen) atoms. The zero-order valence-corrected chi connectivity index (χ0v) is 12.6. The van der Waals surface area contributed by atoms with Crippen molar-refractivity contribution in [1.29, 1.82) is 0 Å². The van der Waals surface area contributed by atoms with Gasteiger partial charge in [0.25, 0.3) is 0 Å². The first-order valence-corrected chi connectivity index (χ1v) is 7.92. The van der Waals surface area contributed by atoms with E-state index in [-0.39, 0.29) is 0 Å². The van der Waals surface area contributed by atoms with Gasteiger partial charge in [-0.05, 0) is 51.3 Å². The maximum Gasteiger partial charge on any atom is 0.0512 e. The van der Waals surface area contributed by atoms with Crippen molar-refractivity contribution in [1.82, 2.24) is 5.32 Å². The first kappa shape index (κ1) is 14.0. The molecule has 1 aliphatic heterocycles. The summed E-state index contributed by atoms with van der Waals surface area (Å²) in [4.78, 5) is 2.94. The van der Waals surface area contributed by atoms with Gasteiger partial charge in [0, 0.05) is 28.3 Å². The molecule has 3 heteroatoms. The highest BCUT2D eigenvalue weighted by Gasteiger charge is 2.27. The molecule has 1 aliphatic rings. The Labute approximate surface area is 115 Å². The Morgan fingerprint density at radius 2 is 2.33 bits per heavy atom. The maximum atomic E-state index is 5.68. The van der Waals surface area contributed by atoms with E-state index in [1.54, 1.807) is 0 Å². The van der Waals surface area contributed by atoms with Crippen molar-refractivity contribution < 1.29 is 4.74 Å². The molecule has 0 radical (unpaired) electrons. The number of nitrogens with one attached hydrogen (secondary N) is 1. The molecule has 1 N–H and O–H groups in total. The molecule has 1 aromatic rings. The van der Waals surface area contributed by atoms with Crippen LogP contribution in [0.1, 0.15) is 47.5 Å². The van der Waals surface area contributed by atoms with Crippen LogP contribution in [-0.4, -0.2) is 19.8 Å². The van der Waals surface area contributed by atoms with E-state index in [9.17, 15) is 0 Å². The Bertz CT molecular complexity index is 369. The molecule has 0 saturated carbocycles. The normalized spacial score (nSPS) is 22.1. The minimum absolute atomic E-state index is 0.490. The molecule has 0 amide bonds. The van der Waals surface area contributed by atoms with E-state index in [2.05, 4.69) is 32.2 Å². The van der Waals surface area contributed by atoms with Crippen molar-refractivity contribution in [2.75, 3.05) is 19.8 Å². The zero-order chi connectivity index (χ0) is 13.0. The molecule has 2 unspecified atom stereocenters. The fourth-order valence-corrected chi connectivity index (χ4v) is 3.98. The van der Waals surface area contributed by atoms with Crippen molar-refractivity contribution in [2.24, 2.45) is 5.92 Å². The summed E-state index contributed by atoms with van der Waals surface area (Å²) >= 11 is 1.95. The summed E-state index contributed by atoms with van der Waals surface area (Å²) < 4.78 is 5.68. The van der Waals surface area contributed by atoms with Crippen molar-refractivity contribution in [2.45, 2.75) is 46.1 Å². The second-order valence-corrected chi connectivity index (χ2v) is 6.60. The quantitative estimate of drug-likeness (QED) is 0.875. The summed E-state index contributed by atoms with van der Waals surface area (Å²) in [5.41, 5.74) is 1.44. The summed E-state index contributed by atoms with van der Waals surface area (Å²) in [7, 11) is 0. The van der Waals surface area contributed by atoms with Crippen molar-refractivity contribution >= 4 is 11.3 Å². The van der Waals surface area contributed by atoms with Crippen LogP contribution in [-0.2, 0) is 4.74 Å². The lowest BCUT2D eigenvalue weighted by Gasteiger charge is -2.31. The van der Waals surface area contributed by atoms with E-state index in [0.29, 0.717) is 12.0 Å². The summed E-state index contributed by atoms with van der Waals surface area (Å²) in [5, 5.41) is 3.74. The number of hydrogen-bond acceptors (Lipinski definition) is 3. The lowest BCUT2D eigenvalue weighted by Crippen LogP contribution is -2.33. The fraction of sp³-hybridized carbons (Fsp3) is 0.733. The van der Waals surface area contributed by atoms with Crippen molar-refractivity contribution in [3.8, 4) is 0 Å². The van der Waals surface area contributed by atoms with Gasteiger partial charge >= 0.3 is 0 Å². The van der Waals surface area contributed by atoms with Gasteiger partial charge in [0.2, 0.25) is 0 Å².